The molecule has 1 aliphatic carbocycles. The first-order valence-corrected chi connectivity index (χ1v) is 8.67. The molecule has 3 rings (SSSR count). The van der Waals surface area contributed by atoms with Crippen LogP contribution in [0, 0.1) is 0 Å². The first kappa shape index (κ1) is 14.2. The third kappa shape index (κ3) is 3.11. The van der Waals surface area contributed by atoms with Gasteiger partial charge in [-0.05, 0) is 54.7 Å². The number of nitrogens with two attached hydrogens (primary N) is 1. The van der Waals surface area contributed by atoms with Gasteiger partial charge in [0.15, 0.2) is 0 Å². The molecule has 1 aliphatic rings. The predicted octanol–water partition coefficient (Wildman–Crippen LogP) is 4.95. The van der Waals surface area contributed by atoms with E-state index in [2.05, 4.69) is 64.5 Å². The van der Waals surface area contributed by atoms with Gasteiger partial charge in [0, 0.05) is 20.7 Å². The zero-order chi connectivity index (χ0) is 13.9. The van der Waals surface area contributed by atoms with E-state index in [1.807, 2.05) is 11.8 Å². The van der Waals surface area contributed by atoms with E-state index in [1.54, 1.807) is 0 Å². The second-order valence-electron chi connectivity index (χ2n) is 5.23. The average Bonchev–Trinajstić information content (AvgIpc) is 2.62. The van der Waals surface area contributed by atoms with Gasteiger partial charge in [-0.15, -0.1) is 11.8 Å². The van der Waals surface area contributed by atoms with E-state index in [0.29, 0.717) is 5.25 Å². The van der Waals surface area contributed by atoms with Gasteiger partial charge in [-0.2, -0.15) is 0 Å². The van der Waals surface area contributed by atoms with E-state index in [1.165, 1.54) is 28.9 Å². The van der Waals surface area contributed by atoms with Gasteiger partial charge < -0.3 is 5.73 Å². The molecule has 0 fully saturated rings. The first-order valence-electron chi connectivity index (χ1n) is 6.99. The number of thioether (sulfide) groups is 1. The molecular weight excluding hydrogens is 330 g/mol. The van der Waals surface area contributed by atoms with Gasteiger partial charge in [-0.3, -0.25) is 0 Å². The van der Waals surface area contributed by atoms with E-state index in [4.69, 9.17) is 5.73 Å². The van der Waals surface area contributed by atoms with E-state index in [-0.39, 0.29) is 6.04 Å². The van der Waals surface area contributed by atoms with Crippen molar-refractivity contribution in [2.45, 2.75) is 35.4 Å². The van der Waals surface area contributed by atoms with Crippen molar-refractivity contribution in [3.8, 4) is 0 Å². The third-order valence-corrected chi connectivity index (χ3v) is 5.76. The van der Waals surface area contributed by atoms with E-state index in [9.17, 15) is 0 Å². The van der Waals surface area contributed by atoms with Gasteiger partial charge >= 0.3 is 0 Å². The molecule has 0 aromatic heterocycles. The summed E-state index contributed by atoms with van der Waals surface area (Å²) < 4.78 is 1.12. The molecule has 0 spiro atoms. The molecule has 0 heterocycles. The third-order valence-electron chi connectivity index (χ3n) is 3.85. The van der Waals surface area contributed by atoms with Crippen LogP contribution in [-0.4, -0.2) is 5.25 Å². The highest BCUT2D eigenvalue weighted by Crippen LogP contribution is 2.38. The number of aryl methyl sites for hydroxylation is 1. The summed E-state index contributed by atoms with van der Waals surface area (Å²) in [4.78, 5) is 1.30. The van der Waals surface area contributed by atoms with Gasteiger partial charge in [-0.1, -0.05) is 40.2 Å². The molecule has 2 aromatic rings. The number of benzene rings is 2. The molecule has 104 valence electrons. The monoisotopic (exact) mass is 347 g/mol. The lowest BCUT2D eigenvalue weighted by atomic mass is 10.00. The van der Waals surface area contributed by atoms with Crippen LogP contribution >= 0.6 is 27.7 Å². The summed E-state index contributed by atoms with van der Waals surface area (Å²) in [5.41, 5.74) is 9.30. The Morgan fingerprint density at radius 2 is 1.80 bits per heavy atom. The Morgan fingerprint density at radius 3 is 2.60 bits per heavy atom. The summed E-state index contributed by atoms with van der Waals surface area (Å²) >= 11 is 5.39. The van der Waals surface area contributed by atoms with Crippen molar-refractivity contribution >= 4 is 27.7 Å². The molecule has 2 unspecified atom stereocenters. The Morgan fingerprint density at radius 1 is 1.05 bits per heavy atom. The van der Waals surface area contributed by atoms with Crippen molar-refractivity contribution in [1.82, 2.24) is 0 Å². The summed E-state index contributed by atoms with van der Waals surface area (Å²) in [7, 11) is 0. The zero-order valence-electron chi connectivity index (χ0n) is 11.3. The molecule has 2 atom stereocenters. The molecule has 0 saturated heterocycles. The van der Waals surface area contributed by atoms with E-state index < -0.39 is 0 Å². The molecule has 0 amide bonds. The summed E-state index contributed by atoms with van der Waals surface area (Å²) in [6, 6.07) is 17.3. The van der Waals surface area contributed by atoms with Crippen LogP contribution in [0.15, 0.2) is 57.9 Å². The second-order valence-corrected chi connectivity index (χ2v) is 7.46. The lowest BCUT2D eigenvalue weighted by Gasteiger charge is -2.22. The maximum atomic E-state index is 6.54. The maximum absolute atomic E-state index is 6.54. The summed E-state index contributed by atoms with van der Waals surface area (Å²) in [5.74, 6) is 0. The molecule has 1 nitrogen and oxygen atoms in total. The number of hydrogen-bond acceptors (Lipinski definition) is 2. The van der Waals surface area contributed by atoms with Gasteiger partial charge in [-0.25, -0.2) is 0 Å². The topological polar surface area (TPSA) is 26.0 Å². The standard InChI is InChI=1S/C17H18BrNS/c18-13-8-10-14(11-9-13)20-16-7-3-5-12-4-1-2-6-15(12)17(16)19/h1-2,4,6,8-11,16-17H,3,5,7,19H2. The SMILES string of the molecule is NC1c2ccccc2CCCC1Sc1ccc(Br)cc1. The lowest BCUT2D eigenvalue weighted by molar-refractivity contribution is 0.632. The predicted molar refractivity (Wildman–Crippen MR) is 90.1 cm³/mol. The molecular formula is C17H18BrNS. The minimum Gasteiger partial charge on any atom is -0.323 e. The van der Waals surface area contributed by atoms with Gasteiger partial charge in [0.1, 0.15) is 0 Å². The quantitative estimate of drug-likeness (QED) is 0.778. The minimum atomic E-state index is 0.127. The van der Waals surface area contributed by atoms with Crippen molar-refractivity contribution < 1.29 is 0 Å². The van der Waals surface area contributed by atoms with Gasteiger partial charge in [0.25, 0.3) is 0 Å². The summed E-state index contributed by atoms with van der Waals surface area (Å²) in [5, 5.41) is 0.458. The normalized spacial score (nSPS) is 22.1. The molecule has 2 aromatic carbocycles. The smallest absolute Gasteiger partial charge is 0.0421 e. The van der Waals surface area contributed by atoms with Gasteiger partial charge in [0.05, 0.1) is 0 Å². The highest BCUT2D eigenvalue weighted by Gasteiger charge is 2.25. The summed E-state index contributed by atoms with van der Waals surface area (Å²) in [6.07, 6.45) is 3.55. The van der Waals surface area contributed by atoms with Crippen LogP contribution in [0.2, 0.25) is 0 Å². The number of hydrogen-bond donors (Lipinski definition) is 1. The van der Waals surface area contributed by atoms with Crippen LogP contribution in [0.5, 0.6) is 0 Å². The number of halogens is 1. The molecule has 20 heavy (non-hydrogen) atoms. The Labute approximate surface area is 133 Å². The zero-order valence-corrected chi connectivity index (χ0v) is 13.7. The maximum Gasteiger partial charge on any atom is 0.0421 e. The molecule has 0 aliphatic heterocycles. The minimum absolute atomic E-state index is 0.127. The van der Waals surface area contributed by atoms with Crippen molar-refractivity contribution in [2.24, 2.45) is 5.73 Å². The van der Waals surface area contributed by atoms with E-state index in [0.717, 1.165) is 10.9 Å². The molecule has 3 heteroatoms. The van der Waals surface area contributed by atoms with Crippen molar-refractivity contribution in [1.29, 1.82) is 0 Å². The molecule has 0 radical (unpaired) electrons. The molecule has 0 saturated carbocycles. The van der Waals surface area contributed by atoms with Crippen molar-refractivity contribution in [2.75, 3.05) is 0 Å². The Balaban J connectivity index is 1.82. The van der Waals surface area contributed by atoms with Crippen LogP contribution < -0.4 is 5.73 Å². The first-order chi connectivity index (χ1) is 9.74. The largest absolute Gasteiger partial charge is 0.323 e. The highest BCUT2D eigenvalue weighted by atomic mass is 79.9. The number of fused-ring (bicyclic) bond motifs is 1. The van der Waals surface area contributed by atoms with Crippen LogP contribution in [0.1, 0.15) is 30.0 Å². The van der Waals surface area contributed by atoms with Crippen LogP contribution in [-0.2, 0) is 6.42 Å². The van der Waals surface area contributed by atoms with Crippen LogP contribution in [0.25, 0.3) is 0 Å². The fraction of sp³-hybridized carbons (Fsp3) is 0.294. The highest BCUT2D eigenvalue weighted by molar-refractivity contribution is 9.10. The summed E-state index contributed by atoms with van der Waals surface area (Å²) in [6.45, 7) is 0. The lowest BCUT2D eigenvalue weighted by Crippen LogP contribution is -2.23. The average molecular weight is 348 g/mol. The fourth-order valence-electron chi connectivity index (χ4n) is 2.78. The second kappa shape index (κ2) is 6.33. The Bertz CT molecular complexity index is 582. The Hall–Kier alpha value is -0.770. The molecule has 0 bridgehead atoms. The fourth-order valence-corrected chi connectivity index (χ4v) is 4.27. The number of rotatable bonds is 2. The van der Waals surface area contributed by atoms with Crippen LogP contribution in [0.3, 0.4) is 0 Å². The van der Waals surface area contributed by atoms with Gasteiger partial charge in [0.2, 0.25) is 0 Å². The Kier molecular flexibility index (Phi) is 4.49. The van der Waals surface area contributed by atoms with Crippen LogP contribution in [0.4, 0.5) is 0 Å². The van der Waals surface area contributed by atoms with Crippen molar-refractivity contribution in [3.05, 3.63) is 64.1 Å². The molecule has 2 N–H and O–H groups in total. The van der Waals surface area contributed by atoms with Crippen molar-refractivity contribution in [3.63, 3.8) is 0 Å². The van der Waals surface area contributed by atoms with E-state index >= 15 is 0 Å².